The summed E-state index contributed by atoms with van der Waals surface area (Å²) in [5.74, 6) is -3.99. The van der Waals surface area contributed by atoms with Crippen LogP contribution in [0.3, 0.4) is 0 Å². The number of aliphatic hydroxyl groups is 9. The monoisotopic (exact) mass is 1410 g/mol. The molecule has 0 aliphatic carbocycles. The Hall–Kier alpha value is -4.85. The lowest BCUT2D eigenvalue weighted by Crippen LogP contribution is -2.64. The quantitative estimate of drug-likeness (QED) is 0.0199. The van der Waals surface area contributed by atoms with Crippen LogP contribution in [0.4, 0.5) is 0 Å². The van der Waals surface area contributed by atoms with Gasteiger partial charge in [-0.2, -0.15) is 0 Å². The summed E-state index contributed by atoms with van der Waals surface area (Å²) in [6.45, 7) is 0.0515. The molecule has 0 aromatic carbocycles. The van der Waals surface area contributed by atoms with E-state index in [0.29, 0.717) is 32.2 Å². The number of amides is 8. The molecule has 19 N–H and O–H groups in total. The number of phosphoric acid groups is 1. The largest absolute Gasteiger partial charge is 0.469 e. The van der Waals surface area contributed by atoms with E-state index in [9.17, 15) is 88.9 Å². The lowest BCUT2D eigenvalue weighted by Gasteiger charge is -2.42. The fourth-order valence-corrected chi connectivity index (χ4v) is 10.3. The highest BCUT2D eigenvalue weighted by Crippen LogP contribution is 2.36. The third kappa shape index (κ3) is 33.3. The van der Waals surface area contributed by atoms with Crippen molar-refractivity contribution < 1.29 is 146 Å². The van der Waals surface area contributed by atoms with Crippen LogP contribution < -0.4 is 42.5 Å². The molecule has 556 valence electrons. The van der Waals surface area contributed by atoms with E-state index < -0.39 is 166 Å². The zero-order valence-electron chi connectivity index (χ0n) is 54.5. The van der Waals surface area contributed by atoms with Crippen molar-refractivity contribution in [3.63, 3.8) is 0 Å². The van der Waals surface area contributed by atoms with Crippen LogP contribution in [0.25, 0.3) is 0 Å². The number of carbonyl (C=O) groups is 8. The van der Waals surface area contributed by atoms with E-state index in [1.165, 1.54) is 20.8 Å². The standard InChI is InChI=1S/C57H103N8O30P/c1-34(69)62-45-51(80)48(77)37(28-66)93-54(45)89-21-9-18-59-41(73)14-25-86-31-57(65-44(76)13-8-12-40(72)58-17-6-4-5-7-24-92-96(83,84)85,32-87-26-15-42(74)60-19-10-22-90-55-46(63-35(2)70)52(81)49(78)38(29-67)94-55)33-88-27-16-43(75)61-20-11-23-91-56-47(64-36(3)71)53(82)50(79)39(30-68)95-56/h37-39,45-56,66-68,77-82H,4-33H2,1-3H3,(H,58,72)(H,59,73)(H,60,74)(H,61,75)(H,62,69)(H,63,70)(H,64,71)(H,65,76)(H2,83,84,85)/t37?,38?,39?,45?,46?,47?,48-,49-,50-,51+,52+,53+,54+,55+,56+,57?/m0/s1. The van der Waals surface area contributed by atoms with Crippen molar-refractivity contribution in [3.05, 3.63) is 0 Å². The van der Waals surface area contributed by atoms with Gasteiger partial charge in [-0.3, -0.25) is 42.9 Å². The van der Waals surface area contributed by atoms with Gasteiger partial charge >= 0.3 is 7.82 Å². The lowest BCUT2D eigenvalue weighted by atomic mass is 9.97. The van der Waals surface area contributed by atoms with Crippen molar-refractivity contribution >= 4 is 55.1 Å². The Balaban J connectivity index is 1.68. The Morgan fingerprint density at radius 3 is 1.03 bits per heavy atom. The molecule has 3 saturated heterocycles. The number of nitrogens with one attached hydrogen (secondary N) is 8. The number of hydrogen-bond donors (Lipinski definition) is 19. The molecule has 0 aromatic rings. The summed E-state index contributed by atoms with van der Waals surface area (Å²) in [6, 6.07) is -3.52. The third-order valence-corrected chi connectivity index (χ3v) is 15.5. The second-order valence-electron chi connectivity index (χ2n) is 23.2. The van der Waals surface area contributed by atoms with Crippen LogP contribution in [0.15, 0.2) is 0 Å². The topological polar surface area (TPSA) is 565 Å². The van der Waals surface area contributed by atoms with Gasteiger partial charge in [0.2, 0.25) is 47.3 Å². The Morgan fingerprint density at radius 1 is 0.396 bits per heavy atom. The van der Waals surface area contributed by atoms with Crippen molar-refractivity contribution in [2.75, 3.05) is 112 Å². The summed E-state index contributed by atoms with van der Waals surface area (Å²) in [5.41, 5.74) is -1.58. The second kappa shape index (κ2) is 46.5. The Morgan fingerprint density at radius 2 is 0.708 bits per heavy atom. The minimum absolute atomic E-state index is 0.0556. The zero-order valence-corrected chi connectivity index (χ0v) is 55.4. The molecule has 38 nitrogen and oxygen atoms in total. The first-order valence-electron chi connectivity index (χ1n) is 32.0. The first kappa shape index (κ1) is 85.4. The molecule has 8 amide bonds. The minimum atomic E-state index is -4.57. The SMILES string of the molecule is CC(=O)NC1[C@H](OCCCNC(=O)CCOCC(COCCC(=O)NCCCO[C@@H]2OC(CO)[C@H](O)[C@H](O)C2NC(C)=O)(COCCC(=O)NCCCO[C@@H]2OC(CO)[C@H](O)[C@H](O)C2NC(C)=O)NC(=O)CCCC(=O)NCCCCCCOP(=O)(O)O)OC(CO)[C@H](O)[C@@H]1O. The van der Waals surface area contributed by atoms with E-state index in [2.05, 4.69) is 47.1 Å². The fraction of sp³-hybridized carbons (Fsp3) is 0.860. The minimum Gasteiger partial charge on any atom is -0.394 e. The van der Waals surface area contributed by atoms with E-state index in [-0.39, 0.29) is 149 Å². The number of hydrogen-bond acceptors (Lipinski definition) is 28. The molecule has 0 bridgehead atoms. The normalized spacial score (nSPS) is 26.5. The van der Waals surface area contributed by atoms with E-state index >= 15 is 0 Å². The molecule has 3 aliphatic rings. The third-order valence-electron chi connectivity index (χ3n) is 14.9. The summed E-state index contributed by atoms with van der Waals surface area (Å²) in [6.07, 6.45) is -14.5. The fourth-order valence-electron chi connectivity index (χ4n) is 9.98. The molecule has 3 fully saturated rings. The highest BCUT2D eigenvalue weighted by Gasteiger charge is 2.48. The summed E-state index contributed by atoms with van der Waals surface area (Å²) >= 11 is 0. The van der Waals surface area contributed by atoms with Crippen molar-refractivity contribution in [3.8, 4) is 0 Å². The van der Waals surface area contributed by atoms with Crippen LogP contribution in [0, 0.1) is 0 Å². The highest BCUT2D eigenvalue weighted by molar-refractivity contribution is 7.46. The predicted molar refractivity (Wildman–Crippen MR) is 327 cm³/mol. The van der Waals surface area contributed by atoms with Gasteiger partial charge in [-0.25, -0.2) is 4.57 Å². The number of rotatable bonds is 49. The van der Waals surface area contributed by atoms with Crippen molar-refractivity contribution in [1.29, 1.82) is 0 Å². The number of aliphatic hydroxyl groups excluding tert-OH is 9. The Kier molecular flexibility index (Phi) is 41.3. The van der Waals surface area contributed by atoms with Gasteiger partial charge < -0.3 is 141 Å². The van der Waals surface area contributed by atoms with Gasteiger partial charge in [0.05, 0.1) is 85.9 Å². The van der Waals surface area contributed by atoms with Crippen LogP contribution in [-0.2, 0) is 90.1 Å². The van der Waals surface area contributed by atoms with E-state index in [0.717, 1.165) is 0 Å². The van der Waals surface area contributed by atoms with Gasteiger partial charge in [-0.1, -0.05) is 12.8 Å². The van der Waals surface area contributed by atoms with Gasteiger partial charge in [0, 0.05) is 79.1 Å². The molecule has 6 unspecified atom stereocenters. The molecule has 0 spiro atoms. The van der Waals surface area contributed by atoms with Crippen molar-refractivity contribution in [2.24, 2.45) is 0 Å². The van der Waals surface area contributed by atoms with Crippen LogP contribution >= 0.6 is 7.82 Å². The maximum absolute atomic E-state index is 13.8. The average molecular weight is 1410 g/mol. The Bertz CT molecular complexity index is 2180. The van der Waals surface area contributed by atoms with Gasteiger partial charge in [0.1, 0.15) is 78.6 Å². The maximum atomic E-state index is 13.8. The average Bonchev–Trinajstić information content (AvgIpc) is 0.832. The van der Waals surface area contributed by atoms with Crippen LogP contribution in [0.2, 0.25) is 0 Å². The molecule has 96 heavy (non-hydrogen) atoms. The molecule has 3 heterocycles. The summed E-state index contributed by atoms with van der Waals surface area (Å²) in [4.78, 5) is 119. The van der Waals surface area contributed by atoms with Crippen molar-refractivity contribution in [1.82, 2.24) is 42.5 Å². The molecule has 39 heteroatoms. The van der Waals surface area contributed by atoms with E-state index in [1.807, 2.05) is 0 Å². The number of unbranched alkanes of at least 4 members (excludes halogenated alkanes) is 3. The summed E-state index contributed by atoms with van der Waals surface area (Å²) in [7, 11) is -4.57. The molecule has 0 radical (unpaired) electrons. The van der Waals surface area contributed by atoms with Crippen LogP contribution in [0.5, 0.6) is 0 Å². The van der Waals surface area contributed by atoms with E-state index in [1.54, 1.807) is 0 Å². The zero-order chi connectivity index (χ0) is 71.2. The molecule has 0 saturated carbocycles. The molecular formula is C57H103N8O30P. The van der Waals surface area contributed by atoms with Crippen LogP contribution in [-0.4, -0.2) is 313 Å². The van der Waals surface area contributed by atoms with E-state index in [4.69, 9.17) is 52.4 Å². The summed E-state index contributed by atoms with van der Waals surface area (Å²) in [5, 5.41) is 113. The maximum Gasteiger partial charge on any atom is 0.469 e. The van der Waals surface area contributed by atoms with Gasteiger partial charge in [-0.05, 0) is 38.5 Å². The predicted octanol–water partition coefficient (Wildman–Crippen LogP) is -7.58. The van der Waals surface area contributed by atoms with Crippen LogP contribution in [0.1, 0.15) is 104 Å². The summed E-state index contributed by atoms with van der Waals surface area (Å²) < 4.78 is 67.1. The molecule has 3 aliphatic heterocycles. The van der Waals surface area contributed by atoms with Gasteiger partial charge in [-0.15, -0.1) is 0 Å². The molecule has 0 aromatic heterocycles. The van der Waals surface area contributed by atoms with Gasteiger partial charge in [0.25, 0.3) is 0 Å². The number of phosphoric ester groups is 1. The lowest BCUT2D eigenvalue weighted by molar-refractivity contribution is -0.270. The number of ether oxygens (including phenoxy) is 9. The van der Waals surface area contributed by atoms with Gasteiger partial charge in [0.15, 0.2) is 18.9 Å². The first-order valence-corrected chi connectivity index (χ1v) is 33.5. The smallest absolute Gasteiger partial charge is 0.394 e. The second-order valence-corrected chi connectivity index (χ2v) is 24.4. The molecule has 15 atom stereocenters. The number of carbonyl (C=O) groups excluding carboxylic acids is 8. The first-order chi connectivity index (χ1) is 45.6. The molecule has 3 rings (SSSR count). The molecular weight excluding hydrogens is 1310 g/mol. The van der Waals surface area contributed by atoms with Crippen molar-refractivity contribution in [2.45, 2.75) is 202 Å². The highest BCUT2D eigenvalue weighted by atomic mass is 31.2. The Labute approximate surface area is 555 Å².